The van der Waals surface area contributed by atoms with Crippen molar-refractivity contribution < 1.29 is 9.53 Å². The number of benzene rings is 1. The second-order valence-electron chi connectivity index (χ2n) is 5.83. The van der Waals surface area contributed by atoms with Crippen molar-refractivity contribution in [2.75, 3.05) is 7.05 Å². The molecule has 110 valence electrons. The largest absolute Gasteiger partial charge is 0.457 e. The average Bonchev–Trinajstić information content (AvgIpc) is 2.46. The van der Waals surface area contributed by atoms with Crippen LogP contribution in [-0.2, 0) is 5.41 Å². The van der Waals surface area contributed by atoms with E-state index in [0.717, 1.165) is 5.75 Å². The minimum absolute atomic E-state index is 0.113. The van der Waals surface area contributed by atoms with Crippen LogP contribution in [0.1, 0.15) is 36.8 Å². The maximum absolute atomic E-state index is 11.5. The molecule has 21 heavy (non-hydrogen) atoms. The lowest BCUT2D eigenvalue weighted by atomic mass is 9.87. The number of aromatic nitrogens is 1. The predicted molar refractivity (Wildman–Crippen MR) is 82.8 cm³/mol. The first kappa shape index (κ1) is 15.0. The van der Waals surface area contributed by atoms with Gasteiger partial charge in [0.2, 0.25) is 0 Å². The summed E-state index contributed by atoms with van der Waals surface area (Å²) in [6.45, 7) is 6.50. The lowest BCUT2D eigenvalue weighted by Gasteiger charge is -2.19. The number of carbonyl (C=O) groups excluding carboxylic acids is 1. The van der Waals surface area contributed by atoms with Crippen LogP contribution in [0.3, 0.4) is 0 Å². The van der Waals surface area contributed by atoms with E-state index in [1.54, 1.807) is 25.4 Å². The van der Waals surface area contributed by atoms with Gasteiger partial charge in [-0.2, -0.15) is 0 Å². The molecule has 0 unspecified atom stereocenters. The number of ether oxygens (including phenoxy) is 1. The average molecular weight is 284 g/mol. The summed E-state index contributed by atoms with van der Waals surface area (Å²) in [6.07, 6.45) is 1.56. The summed E-state index contributed by atoms with van der Waals surface area (Å²) < 4.78 is 5.76. The van der Waals surface area contributed by atoms with Gasteiger partial charge in [0.05, 0.1) is 0 Å². The Kier molecular flexibility index (Phi) is 4.26. The summed E-state index contributed by atoms with van der Waals surface area (Å²) in [6, 6.07) is 11.3. The smallest absolute Gasteiger partial charge is 0.269 e. The Morgan fingerprint density at radius 2 is 1.76 bits per heavy atom. The molecule has 4 nitrogen and oxygen atoms in total. The van der Waals surface area contributed by atoms with Gasteiger partial charge in [-0.3, -0.25) is 9.78 Å². The van der Waals surface area contributed by atoms with Gasteiger partial charge in [0.25, 0.3) is 5.91 Å². The Hall–Kier alpha value is -2.36. The van der Waals surface area contributed by atoms with Gasteiger partial charge >= 0.3 is 0 Å². The molecule has 0 saturated carbocycles. The van der Waals surface area contributed by atoms with E-state index in [4.69, 9.17) is 4.74 Å². The van der Waals surface area contributed by atoms with E-state index in [1.807, 2.05) is 12.1 Å². The van der Waals surface area contributed by atoms with E-state index in [1.165, 1.54) is 5.56 Å². The van der Waals surface area contributed by atoms with Gasteiger partial charge in [-0.05, 0) is 29.2 Å². The number of hydrogen-bond acceptors (Lipinski definition) is 3. The van der Waals surface area contributed by atoms with Crippen LogP contribution in [0.4, 0.5) is 0 Å². The number of nitrogens with zero attached hydrogens (tertiary/aromatic N) is 1. The molecule has 1 N–H and O–H groups in total. The summed E-state index contributed by atoms with van der Waals surface area (Å²) in [7, 11) is 1.57. The van der Waals surface area contributed by atoms with Gasteiger partial charge in [-0.25, -0.2) is 0 Å². The number of carbonyl (C=O) groups is 1. The Bertz CT molecular complexity index is 628. The van der Waals surface area contributed by atoms with Crippen LogP contribution in [0.2, 0.25) is 0 Å². The Morgan fingerprint density at radius 1 is 1.10 bits per heavy atom. The fourth-order valence-electron chi connectivity index (χ4n) is 1.89. The van der Waals surface area contributed by atoms with E-state index in [9.17, 15) is 4.79 Å². The molecule has 0 aliphatic heterocycles. The highest BCUT2D eigenvalue weighted by Crippen LogP contribution is 2.26. The molecule has 1 aromatic carbocycles. The molecule has 2 rings (SSSR count). The van der Waals surface area contributed by atoms with Crippen LogP contribution in [0.15, 0.2) is 42.6 Å². The van der Waals surface area contributed by atoms with Crippen molar-refractivity contribution in [3.63, 3.8) is 0 Å². The highest BCUT2D eigenvalue weighted by molar-refractivity contribution is 5.92. The Labute approximate surface area is 125 Å². The van der Waals surface area contributed by atoms with Crippen LogP contribution in [0.5, 0.6) is 11.5 Å². The molecule has 2 aromatic rings. The first-order valence-corrected chi connectivity index (χ1v) is 6.86. The third-order valence-electron chi connectivity index (χ3n) is 3.15. The number of hydrogen-bond donors (Lipinski definition) is 1. The van der Waals surface area contributed by atoms with E-state index >= 15 is 0 Å². The molecular formula is C17H20N2O2. The van der Waals surface area contributed by atoms with Crippen molar-refractivity contribution in [1.29, 1.82) is 0 Å². The Morgan fingerprint density at radius 3 is 2.33 bits per heavy atom. The highest BCUT2D eigenvalue weighted by Gasteiger charge is 2.13. The zero-order valence-corrected chi connectivity index (χ0v) is 12.8. The SMILES string of the molecule is CNC(=O)c1cc(Oc2ccc(C(C)(C)C)cc2)ccn1. The van der Waals surface area contributed by atoms with Crippen molar-refractivity contribution in [2.45, 2.75) is 26.2 Å². The van der Waals surface area contributed by atoms with Crippen molar-refractivity contribution in [3.8, 4) is 11.5 Å². The number of amides is 1. The maximum Gasteiger partial charge on any atom is 0.269 e. The van der Waals surface area contributed by atoms with Crippen LogP contribution < -0.4 is 10.1 Å². The number of nitrogens with one attached hydrogen (secondary N) is 1. The summed E-state index contributed by atoms with van der Waals surface area (Å²) in [5, 5.41) is 2.54. The maximum atomic E-state index is 11.5. The zero-order valence-electron chi connectivity index (χ0n) is 12.8. The predicted octanol–water partition coefficient (Wildman–Crippen LogP) is 3.53. The van der Waals surface area contributed by atoms with Crippen molar-refractivity contribution >= 4 is 5.91 Å². The van der Waals surface area contributed by atoms with Crippen molar-refractivity contribution in [3.05, 3.63) is 53.9 Å². The molecule has 0 radical (unpaired) electrons. The third-order valence-corrected chi connectivity index (χ3v) is 3.15. The van der Waals surface area contributed by atoms with Gasteiger partial charge in [0, 0.05) is 19.3 Å². The van der Waals surface area contributed by atoms with Gasteiger partial charge in [-0.1, -0.05) is 32.9 Å². The van der Waals surface area contributed by atoms with Crippen molar-refractivity contribution in [1.82, 2.24) is 10.3 Å². The summed E-state index contributed by atoms with van der Waals surface area (Å²) in [5.41, 5.74) is 1.69. The first-order chi connectivity index (χ1) is 9.90. The fraction of sp³-hybridized carbons (Fsp3) is 0.294. The highest BCUT2D eigenvalue weighted by atomic mass is 16.5. The third kappa shape index (κ3) is 3.81. The molecule has 0 aliphatic carbocycles. The molecule has 1 heterocycles. The lowest BCUT2D eigenvalue weighted by molar-refractivity contribution is 0.0958. The van der Waals surface area contributed by atoms with Crippen LogP contribution in [-0.4, -0.2) is 17.9 Å². The summed E-state index contributed by atoms with van der Waals surface area (Å²) >= 11 is 0. The zero-order chi connectivity index (χ0) is 15.5. The molecule has 0 bridgehead atoms. The standard InChI is InChI=1S/C17H20N2O2/c1-17(2,3)12-5-7-13(8-6-12)21-14-9-10-19-15(11-14)16(20)18-4/h5-11H,1-4H3,(H,18,20). The fourth-order valence-corrected chi connectivity index (χ4v) is 1.89. The van der Waals surface area contributed by atoms with E-state index in [-0.39, 0.29) is 11.3 Å². The molecule has 0 atom stereocenters. The van der Waals surface area contributed by atoms with E-state index in [2.05, 4.69) is 43.2 Å². The second-order valence-corrected chi connectivity index (χ2v) is 5.83. The topological polar surface area (TPSA) is 51.2 Å². The summed E-state index contributed by atoms with van der Waals surface area (Å²) in [5.74, 6) is 1.09. The van der Waals surface area contributed by atoms with Crippen LogP contribution >= 0.6 is 0 Å². The lowest BCUT2D eigenvalue weighted by Crippen LogP contribution is -2.18. The van der Waals surface area contributed by atoms with Gasteiger partial charge in [-0.15, -0.1) is 0 Å². The number of rotatable bonds is 3. The van der Waals surface area contributed by atoms with Crippen LogP contribution in [0, 0.1) is 0 Å². The molecule has 4 heteroatoms. The molecule has 1 aromatic heterocycles. The molecule has 0 spiro atoms. The molecular weight excluding hydrogens is 264 g/mol. The number of pyridine rings is 1. The summed E-state index contributed by atoms with van der Waals surface area (Å²) in [4.78, 5) is 15.6. The Balaban J connectivity index is 2.17. The van der Waals surface area contributed by atoms with Gasteiger partial charge < -0.3 is 10.1 Å². The van der Waals surface area contributed by atoms with E-state index < -0.39 is 0 Å². The van der Waals surface area contributed by atoms with Crippen molar-refractivity contribution in [2.24, 2.45) is 0 Å². The van der Waals surface area contributed by atoms with Gasteiger partial charge in [0.1, 0.15) is 17.2 Å². The van der Waals surface area contributed by atoms with Crippen LogP contribution in [0.25, 0.3) is 0 Å². The monoisotopic (exact) mass is 284 g/mol. The first-order valence-electron chi connectivity index (χ1n) is 6.86. The quantitative estimate of drug-likeness (QED) is 0.938. The molecule has 0 saturated heterocycles. The molecule has 0 fully saturated rings. The molecule has 1 amide bonds. The second kappa shape index (κ2) is 5.95. The normalized spacial score (nSPS) is 11.0. The minimum Gasteiger partial charge on any atom is -0.457 e. The van der Waals surface area contributed by atoms with E-state index in [0.29, 0.717) is 11.4 Å². The molecule has 0 aliphatic rings. The minimum atomic E-state index is -0.233. The van der Waals surface area contributed by atoms with Gasteiger partial charge in [0.15, 0.2) is 0 Å².